The molecular weight excluding hydrogens is 444 g/mol. The van der Waals surface area contributed by atoms with E-state index in [4.69, 9.17) is 4.74 Å². The van der Waals surface area contributed by atoms with E-state index in [1.807, 2.05) is 19.9 Å². The average Bonchev–Trinajstić information content (AvgIpc) is 2.87. The van der Waals surface area contributed by atoms with Gasteiger partial charge in [-0.05, 0) is 76.8 Å². The number of aliphatic hydroxyl groups excluding tert-OH is 1. The van der Waals surface area contributed by atoms with E-state index >= 15 is 0 Å². The number of allylic oxidation sites excluding steroid dienone is 1. The van der Waals surface area contributed by atoms with E-state index < -0.39 is 6.10 Å². The van der Waals surface area contributed by atoms with Crippen LogP contribution in [0.25, 0.3) is 5.57 Å². The molecule has 1 aliphatic rings. The highest BCUT2D eigenvalue weighted by Gasteiger charge is 2.29. The molecule has 0 spiro atoms. The van der Waals surface area contributed by atoms with Crippen molar-refractivity contribution in [3.63, 3.8) is 0 Å². The Morgan fingerprint density at radius 1 is 1.03 bits per heavy atom. The molecule has 3 aromatic rings. The van der Waals surface area contributed by atoms with Crippen molar-refractivity contribution in [3.05, 3.63) is 112 Å². The quantitative estimate of drug-likeness (QED) is 0.317. The first-order valence-electron chi connectivity index (χ1n) is 12.5. The molecular formula is C33H34O3. The first kappa shape index (κ1) is 25.5. The lowest BCUT2D eigenvalue weighted by Crippen LogP contribution is -2.22. The van der Waals surface area contributed by atoms with Gasteiger partial charge in [0.1, 0.15) is 6.10 Å². The molecule has 1 atom stereocenters. The minimum atomic E-state index is -0.907. The fraction of sp³-hybridized carbons (Fsp3) is 0.303. The number of rotatable bonds is 5. The summed E-state index contributed by atoms with van der Waals surface area (Å²) in [6, 6.07) is 21.8. The number of hydrogen-bond acceptors (Lipinski definition) is 3. The highest BCUT2D eigenvalue weighted by atomic mass is 16.5. The lowest BCUT2D eigenvalue weighted by Gasteiger charge is -2.33. The molecule has 0 aromatic heterocycles. The predicted molar refractivity (Wildman–Crippen MR) is 146 cm³/mol. The summed E-state index contributed by atoms with van der Waals surface area (Å²) in [5.74, 6) is 5.96. The predicted octanol–water partition coefficient (Wildman–Crippen LogP) is 7.01. The summed E-state index contributed by atoms with van der Waals surface area (Å²) in [4.78, 5) is 12.1. The normalized spacial score (nSPS) is 14.8. The van der Waals surface area contributed by atoms with Crippen molar-refractivity contribution >= 4 is 11.5 Å². The van der Waals surface area contributed by atoms with Crippen LogP contribution < -0.4 is 0 Å². The number of aliphatic hydroxyl groups is 1. The Balaban J connectivity index is 1.54. The van der Waals surface area contributed by atoms with Crippen molar-refractivity contribution < 1.29 is 14.6 Å². The molecule has 0 bridgehead atoms. The van der Waals surface area contributed by atoms with Crippen LogP contribution in [-0.2, 0) is 10.2 Å². The molecule has 3 heteroatoms. The molecule has 0 radical (unpaired) electrons. The summed E-state index contributed by atoms with van der Waals surface area (Å²) in [6.07, 6.45) is 2.35. The number of ether oxygens (including phenoxy) is 1. The Labute approximate surface area is 214 Å². The van der Waals surface area contributed by atoms with Crippen LogP contribution in [0.2, 0.25) is 0 Å². The second-order valence-electron chi connectivity index (χ2n) is 10.6. The highest BCUT2D eigenvalue weighted by molar-refractivity contribution is 5.89. The summed E-state index contributed by atoms with van der Waals surface area (Å²) in [7, 11) is 0. The lowest BCUT2D eigenvalue weighted by molar-refractivity contribution is 0.0459. The summed E-state index contributed by atoms with van der Waals surface area (Å²) in [5, 5.41) is 10.9. The zero-order chi connectivity index (χ0) is 25.9. The van der Waals surface area contributed by atoms with Gasteiger partial charge < -0.3 is 9.84 Å². The molecule has 0 saturated heterocycles. The van der Waals surface area contributed by atoms with Crippen molar-refractivity contribution in [1.29, 1.82) is 0 Å². The molecule has 0 saturated carbocycles. The molecule has 4 rings (SSSR count). The molecule has 0 heterocycles. The maximum Gasteiger partial charge on any atom is 0.338 e. The van der Waals surface area contributed by atoms with E-state index in [-0.39, 0.29) is 11.4 Å². The van der Waals surface area contributed by atoms with Crippen LogP contribution in [0.3, 0.4) is 0 Å². The lowest BCUT2D eigenvalue weighted by atomic mass is 9.71. The van der Waals surface area contributed by atoms with Gasteiger partial charge >= 0.3 is 5.97 Å². The zero-order valence-corrected chi connectivity index (χ0v) is 21.8. The van der Waals surface area contributed by atoms with Crippen LogP contribution in [0.1, 0.15) is 84.0 Å². The molecule has 0 fully saturated rings. The van der Waals surface area contributed by atoms with E-state index in [2.05, 4.69) is 75.1 Å². The number of carbonyl (C=O) groups is 1. The first-order chi connectivity index (χ1) is 17.1. The molecule has 3 aromatic carbocycles. The van der Waals surface area contributed by atoms with Gasteiger partial charge in [0.05, 0.1) is 12.2 Å². The number of benzene rings is 3. The van der Waals surface area contributed by atoms with Crippen molar-refractivity contribution in [1.82, 2.24) is 0 Å². The highest BCUT2D eigenvalue weighted by Crippen LogP contribution is 2.42. The Bertz CT molecular complexity index is 1330. The van der Waals surface area contributed by atoms with E-state index in [1.54, 1.807) is 24.3 Å². The summed E-state index contributed by atoms with van der Waals surface area (Å²) >= 11 is 0. The fourth-order valence-corrected chi connectivity index (χ4v) is 4.36. The summed E-state index contributed by atoms with van der Waals surface area (Å²) in [5.41, 5.74) is 8.11. The third-order valence-corrected chi connectivity index (χ3v) is 6.58. The molecule has 184 valence electrons. The van der Waals surface area contributed by atoms with Crippen LogP contribution >= 0.6 is 0 Å². The van der Waals surface area contributed by atoms with Crippen LogP contribution in [-0.4, -0.2) is 17.7 Å². The first-order valence-corrected chi connectivity index (χ1v) is 12.5. The van der Waals surface area contributed by atoms with Gasteiger partial charge in [0, 0.05) is 5.56 Å². The maximum atomic E-state index is 12.1. The van der Waals surface area contributed by atoms with E-state index in [0.717, 1.165) is 17.5 Å². The number of esters is 1. The topological polar surface area (TPSA) is 46.5 Å². The van der Waals surface area contributed by atoms with Crippen LogP contribution in [0.4, 0.5) is 0 Å². The maximum absolute atomic E-state index is 12.1. The standard InChI is InChI=1S/C33H34O3/c1-22(2)21-36-32(35)26-13-8-24(9-14-26)10-17-31(34)27-15-16-29-28(25-11-6-23(3)7-12-25)18-19-33(4,5)30(29)20-27/h6-9,11-16,18,20,22,31,34H,19,21H2,1-5H3. The molecule has 3 nitrogen and oxygen atoms in total. The summed E-state index contributed by atoms with van der Waals surface area (Å²) < 4.78 is 5.27. The van der Waals surface area contributed by atoms with Crippen molar-refractivity contribution in [2.45, 2.75) is 52.6 Å². The number of fused-ring (bicyclic) bond motifs is 1. The molecule has 1 N–H and O–H groups in total. The second-order valence-corrected chi connectivity index (χ2v) is 10.6. The smallest absolute Gasteiger partial charge is 0.338 e. The van der Waals surface area contributed by atoms with Crippen LogP contribution in [0, 0.1) is 24.7 Å². The number of carbonyl (C=O) groups excluding carboxylic acids is 1. The minimum absolute atomic E-state index is 0.0350. The van der Waals surface area contributed by atoms with Crippen LogP contribution in [0.5, 0.6) is 0 Å². The van der Waals surface area contributed by atoms with Crippen LogP contribution in [0.15, 0.2) is 72.8 Å². The molecule has 1 aliphatic carbocycles. The summed E-state index contributed by atoms with van der Waals surface area (Å²) in [6.45, 7) is 11.0. The monoisotopic (exact) mass is 478 g/mol. The van der Waals surface area contributed by atoms with Crippen molar-refractivity contribution in [3.8, 4) is 11.8 Å². The van der Waals surface area contributed by atoms with Gasteiger partial charge in [-0.25, -0.2) is 4.79 Å². The molecule has 0 amide bonds. The van der Waals surface area contributed by atoms with Gasteiger partial charge in [0.25, 0.3) is 0 Å². The van der Waals surface area contributed by atoms with Gasteiger partial charge in [-0.3, -0.25) is 0 Å². The van der Waals surface area contributed by atoms with E-state index in [0.29, 0.717) is 18.1 Å². The molecule has 1 unspecified atom stereocenters. The Morgan fingerprint density at radius 3 is 2.39 bits per heavy atom. The third kappa shape index (κ3) is 5.78. The average molecular weight is 479 g/mol. The van der Waals surface area contributed by atoms with Gasteiger partial charge in [-0.2, -0.15) is 0 Å². The van der Waals surface area contributed by atoms with Gasteiger partial charge in [0.2, 0.25) is 0 Å². The van der Waals surface area contributed by atoms with E-state index in [1.165, 1.54) is 27.8 Å². The third-order valence-electron chi connectivity index (χ3n) is 6.58. The van der Waals surface area contributed by atoms with E-state index in [9.17, 15) is 9.90 Å². The fourth-order valence-electron chi connectivity index (χ4n) is 4.36. The largest absolute Gasteiger partial charge is 0.462 e. The number of aryl methyl sites for hydroxylation is 1. The van der Waals surface area contributed by atoms with Gasteiger partial charge in [0.15, 0.2) is 0 Å². The van der Waals surface area contributed by atoms with Crippen molar-refractivity contribution in [2.75, 3.05) is 6.61 Å². The molecule has 0 aliphatic heterocycles. The Morgan fingerprint density at radius 2 is 1.72 bits per heavy atom. The van der Waals surface area contributed by atoms with Crippen molar-refractivity contribution in [2.24, 2.45) is 5.92 Å². The second kappa shape index (κ2) is 10.6. The zero-order valence-electron chi connectivity index (χ0n) is 21.8. The van der Waals surface area contributed by atoms with Gasteiger partial charge in [-0.1, -0.05) is 93.6 Å². The SMILES string of the molecule is Cc1ccc(C2=CCC(C)(C)c3cc(C(O)C#Cc4ccc(C(=O)OCC(C)C)cc4)ccc32)cc1. The Kier molecular flexibility index (Phi) is 7.48. The number of hydrogen-bond donors (Lipinski definition) is 1. The minimum Gasteiger partial charge on any atom is -0.462 e. The molecule has 36 heavy (non-hydrogen) atoms. The Hall–Kier alpha value is -3.61. The van der Waals surface area contributed by atoms with Gasteiger partial charge in [-0.15, -0.1) is 0 Å².